The summed E-state index contributed by atoms with van der Waals surface area (Å²) < 4.78 is 14.3. The number of rotatable bonds is 7. The van der Waals surface area contributed by atoms with Crippen LogP contribution in [0.2, 0.25) is 0 Å². The van der Waals surface area contributed by atoms with Gasteiger partial charge in [0.1, 0.15) is 0 Å². The summed E-state index contributed by atoms with van der Waals surface area (Å²) in [6, 6.07) is 19.6. The van der Waals surface area contributed by atoms with Gasteiger partial charge < -0.3 is 5.73 Å². The van der Waals surface area contributed by atoms with E-state index in [0.29, 0.717) is 11.5 Å². The first-order valence-electron chi connectivity index (χ1n) is 7.93. The van der Waals surface area contributed by atoms with Gasteiger partial charge in [-0.05, 0) is 11.1 Å². The second-order valence-electron chi connectivity index (χ2n) is 5.95. The van der Waals surface area contributed by atoms with Crippen LogP contribution in [-0.2, 0) is 13.9 Å². The maximum absolute atomic E-state index is 14.3. The molecule has 2 aromatic carbocycles. The van der Waals surface area contributed by atoms with Crippen molar-refractivity contribution < 1.29 is 9.00 Å². The average Bonchev–Trinajstić information content (AvgIpc) is 2.56. The van der Waals surface area contributed by atoms with Crippen LogP contribution in [0.1, 0.15) is 30.2 Å². The first-order valence-corrected chi connectivity index (χ1v) is 10.5. The zero-order chi connectivity index (χ0) is 16.9. The zero-order valence-electron chi connectivity index (χ0n) is 13.8. The van der Waals surface area contributed by atoms with Gasteiger partial charge in [0.25, 0.3) is 0 Å². The molecule has 0 aromatic heterocycles. The molecule has 2 rings (SSSR count). The maximum Gasteiger partial charge on any atom is 0.228 e. The number of nitrogens with two attached hydrogens (primary N) is 1. The van der Waals surface area contributed by atoms with E-state index < -0.39 is 15.0 Å². The molecule has 124 valence electrons. The summed E-state index contributed by atoms with van der Waals surface area (Å²) in [4.78, 5) is 11.8. The monoisotopic (exact) mass is 331 g/mol. The Balaban J connectivity index is 2.74. The van der Waals surface area contributed by atoms with Crippen molar-refractivity contribution in [3.8, 4) is 0 Å². The molecule has 2 N–H and O–H groups in total. The van der Waals surface area contributed by atoms with Gasteiger partial charge in [-0.2, -0.15) is 0 Å². The lowest BCUT2D eigenvalue weighted by Crippen LogP contribution is -2.51. The van der Waals surface area contributed by atoms with E-state index in [4.69, 9.17) is 5.73 Å². The van der Waals surface area contributed by atoms with Gasteiger partial charge in [0.05, 0.1) is 11.0 Å². The van der Waals surface area contributed by atoms with Gasteiger partial charge >= 0.3 is 0 Å². The number of carbonyl (C=O) groups excluding carboxylic acids is 1. The molecule has 0 atom stereocenters. The van der Waals surface area contributed by atoms with Crippen LogP contribution in [0.5, 0.6) is 0 Å². The number of amides is 1. The molecule has 0 heterocycles. The predicted molar refractivity (Wildman–Crippen MR) is 98.0 cm³/mol. The Morgan fingerprint density at radius 1 is 0.913 bits per heavy atom. The molecule has 0 aliphatic carbocycles. The third kappa shape index (κ3) is 3.37. The highest BCUT2D eigenvalue weighted by molar-refractivity contribution is 8.20. The summed E-state index contributed by atoms with van der Waals surface area (Å²) in [7, 11) is -3.34. The lowest BCUT2D eigenvalue weighted by Gasteiger charge is -2.47. The lowest BCUT2D eigenvalue weighted by atomic mass is 10.0. The molecule has 0 unspecified atom stereocenters. The molecule has 4 heteroatoms. The Hall–Kier alpha value is -1.94. The molecular formula is C19H25NO2S. The predicted octanol–water partition coefficient (Wildman–Crippen LogP) is 3.12. The first-order chi connectivity index (χ1) is 10.9. The summed E-state index contributed by atoms with van der Waals surface area (Å²) in [5, 5.41) is -0.322. The number of primary amides is 1. The minimum absolute atomic E-state index is 0.0708. The van der Waals surface area contributed by atoms with Gasteiger partial charge in [-0.15, -0.1) is 0 Å². The molecule has 0 aliphatic rings. The highest BCUT2D eigenvalue weighted by atomic mass is 32.3. The first kappa shape index (κ1) is 17.4. The summed E-state index contributed by atoms with van der Waals surface area (Å²) in [5.74, 6) is 0.303. The van der Waals surface area contributed by atoms with Gasteiger partial charge in [-0.3, -0.25) is 9.00 Å². The molecule has 0 spiro atoms. The lowest BCUT2D eigenvalue weighted by molar-refractivity contribution is -0.115. The number of carbonyl (C=O) groups is 1. The van der Waals surface area contributed by atoms with Crippen molar-refractivity contribution in [3.63, 3.8) is 0 Å². The largest absolute Gasteiger partial charge is 0.369 e. The second kappa shape index (κ2) is 6.67. The quantitative estimate of drug-likeness (QED) is 0.847. The van der Waals surface area contributed by atoms with E-state index in [2.05, 4.69) is 0 Å². The zero-order valence-corrected chi connectivity index (χ0v) is 14.6. The van der Waals surface area contributed by atoms with E-state index in [0.717, 1.165) is 11.1 Å². The highest BCUT2D eigenvalue weighted by Crippen LogP contribution is 2.46. The van der Waals surface area contributed by atoms with Gasteiger partial charge in [0, 0.05) is 11.5 Å². The van der Waals surface area contributed by atoms with Crippen molar-refractivity contribution in [2.24, 2.45) is 5.73 Å². The molecule has 23 heavy (non-hydrogen) atoms. The van der Waals surface area contributed by atoms with Crippen LogP contribution in [0.15, 0.2) is 60.7 Å². The second-order valence-corrected chi connectivity index (χ2v) is 11.0. The molecule has 0 bridgehead atoms. The standard InChI is InChI=1S/C19H25NO2S/c1-3-23(22,4-2,15-18(20)21)19(16-11-7-5-8-12-16)17-13-9-6-10-14-17/h5-14,19H,3-4,15H2,1-2H3,(H2,20,21). The van der Waals surface area contributed by atoms with Crippen LogP contribution in [0.4, 0.5) is 0 Å². The third-order valence-corrected chi connectivity index (χ3v) is 10.2. The minimum Gasteiger partial charge on any atom is -0.369 e. The molecule has 2 aromatic rings. The van der Waals surface area contributed by atoms with E-state index in [1.54, 1.807) is 0 Å². The van der Waals surface area contributed by atoms with Gasteiger partial charge in [-0.25, -0.2) is 0 Å². The summed E-state index contributed by atoms with van der Waals surface area (Å²) in [5.41, 5.74) is 7.44. The fraction of sp³-hybridized carbons (Fsp3) is 0.316. The Morgan fingerprint density at radius 2 is 1.30 bits per heavy atom. The maximum atomic E-state index is 14.3. The Morgan fingerprint density at radius 3 is 1.61 bits per heavy atom. The molecule has 1 amide bonds. The Bertz CT molecular complexity index is 678. The minimum atomic E-state index is -3.34. The number of hydrogen-bond acceptors (Lipinski definition) is 2. The summed E-state index contributed by atoms with van der Waals surface area (Å²) in [6.07, 6.45) is 0. The fourth-order valence-electron chi connectivity index (χ4n) is 3.30. The number of hydrogen-bond donors (Lipinski definition) is 1. The van der Waals surface area contributed by atoms with Crippen LogP contribution in [0, 0.1) is 0 Å². The van der Waals surface area contributed by atoms with Gasteiger partial charge in [-0.1, -0.05) is 83.6 Å². The van der Waals surface area contributed by atoms with E-state index in [-0.39, 0.29) is 11.0 Å². The van der Waals surface area contributed by atoms with E-state index in [1.807, 2.05) is 74.5 Å². The molecule has 0 saturated heterocycles. The van der Waals surface area contributed by atoms with E-state index in [1.165, 1.54) is 0 Å². The topological polar surface area (TPSA) is 60.2 Å². The van der Waals surface area contributed by atoms with Crippen molar-refractivity contribution in [2.75, 3.05) is 17.3 Å². The van der Waals surface area contributed by atoms with Crippen molar-refractivity contribution >= 4 is 15.0 Å². The Kier molecular flexibility index (Phi) is 5.05. The van der Waals surface area contributed by atoms with Gasteiger partial charge in [0.15, 0.2) is 0 Å². The third-order valence-electron chi connectivity index (χ3n) is 4.68. The molecular weight excluding hydrogens is 306 g/mol. The molecule has 3 nitrogen and oxygen atoms in total. The normalized spacial score (nSPS) is 13.4. The molecule has 0 radical (unpaired) electrons. The molecule has 0 aliphatic heterocycles. The van der Waals surface area contributed by atoms with Crippen molar-refractivity contribution in [1.82, 2.24) is 0 Å². The smallest absolute Gasteiger partial charge is 0.228 e. The van der Waals surface area contributed by atoms with Crippen LogP contribution < -0.4 is 5.73 Å². The van der Waals surface area contributed by atoms with E-state index >= 15 is 0 Å². The van der Waals surface area contributed by atoms with Crippen molar-refractivity contribution in [1.29, 1.82) is 0 Å². The average molecular weight is 331 g/mol. The fourth-order valence-corrected chi connectivity index (χ4v) is 7.33. The summed E-state index contributed by atoms with van der Waals surface area (Å²) in [6.45, 7) is 3.81. The molecule has 0 fully saturated rings. The van der Waals surface area contributed by atoms with Crippen LogP contribution in [-0.4, -0.2) is 27.4 Å². The van der Waals surface area contributed by atoms with Crippen LogP contribution in [0.25, 0.3) is 0 Å². The molecule has 0 saturated carbocycles. The highest BCUT2D eigenvalue weighted by Gasteiger charge is 2.45. The van der Waals surface area contributed by atoms with E-state index in [9.17, 15) is 9.00 Å². The van der Waals surface area contributed by atoms with Crippen LogP contribution in [0.3, 0.4) is 0 Å². The number of benzene rings is 2. The Labute approximate surface area is 138 Å². The van der Waals surface area contributed by atoms with Crippen LogP contribution >= 0.6 is 0 Å². The van der Waals surface area contributed by atoms with Crippen molar-refractivity contribution in [2.45, 2.75) is 19.1 Å². The van der Waals surface area contributed by atoms with Gasteiger partial charge in [0.2, 0.25) is 5.91 Å². The SMILES string of the molecule is CCS(=O)(CC)(CC(N)=O)C(c1ccccc1)c1ccccc1. The summed E-state index contributed by atoms with van der Waals surface area (Å²) >= 11 is 0. The van der Waals surface area contributed by atoms with Crippen molar-refractivity contribution in [3.05, 3.63) is 71.8 Å².